The quantitative estimate of drug-likeness (QED) is 0.758. The minimum atomic E-state index is -4.49. The van der Waals surface area contributed by atoms with Gasteiger partial charge in [-0.15, -0.1) is 0 Å². The fourth-order valence-corrected chi connectivity index (χ4v) is 2.46. The number of carbonyl (C=O) groups excluding carboxylic acids is 1. The zero-order valence-corrected chi connectivity index (χ0v) is 13.1. The fourth-order valence-electron chi connectivity index (χ4n) is 2.46. The Hall–Kier alpha value is -2.30. The molecule has 122 valence electrons. The van der Waals surface area contributed by atoms with Crippen molar-refractivity contribution < 1.29 is 22.7 Å². The van der Waals surface area contributed by atoms with Gasteiger partial charge in [0.15, 0.2) is 5.78 Å². The lowest BCUT2D eigenvalue weighted by Gasteiger charge is -2.33. The molecule has 2 aromatic carbocycles. The molecule has 0 radical (unpaired) electrons. The number of carbonyl (C=O) groups is 1. The van der Waals surface area contributed by atoms with E-state index in [9.17, 15) is 18.0 Å². The van der Waals surface area contributed by atoms with E-state index in [4.69, 9.17) is 4.74 Å². The van der Waals surface area contributed by atoms with E-state index in [0.717, 1.165) is 6.92 Å². The molecule has 2 rings (SSSR count). The predicted molar refractivity (Wildman–Crippen MR) is 81.9 cm³/mol. The lowest BCUT2D eigenvalue weighted by atomic mass is 9.75. The van der Waals surface area contributed by atoms with Gasteiger partial charge in [-0.1, -0.05) is 36.4 Å². The molecular weight excluding hydrogens is 305 g/mol. The Labute approximate surface area is 132 Å². The van der Waals surface area contributed by atoms with Crippen molar-refractivity contribution in [3.63, 3.8) is 0 Å². The predicted octanol–water partition coefficient (Wildman–Crippen LogP) is 4.77. The molecule has 23 heavy (non-hydrogen) atoms. The molecule has 0 spiro atoms. The number of methoxy groups -OCH3 is 1. The second-order valence-corrected chi connectivity index (χ2v) is 5.48. The van der Waals surface area contributed by atoms with Crippen molar-refractivity contribution in [2.24, 2.45) is 0 Å². The van der Waals surface area contributed by atoms with Crippen LogP contribution < -0.4 is 4.74 Å². The molecule has 2 nitrogen and oxygen atoms in total. The molecule has 5 heteroatoms. The van der Waals surface area contributed by atoms with E-state index < -0.39 is 11.6 Å². The smallest absolute Gasteiger partial charge is 0.402 e. The zero-order valence-electron chi connectivity index (χ0n) is 13.1. The summed E-state index contributed by atoms with van der Waals surface area (Å²) in [6.07, 6.45) is -4.49. The van der Waals surface area contributed by atoms with E-state index >= 15 is 0 Å². The van der Waals surface area contributed by atoms with Crippen LogP contribution in [0.15, 0.2) is 48.5 Å². The number of rotatable bonds is 4. The Morgan fingerprint density at radius 2 is 1.35 bits per heavy atom. The van der Waals surface area contributed by atoms with Gasteiger partial charge < -0.3 is 4.74 Å². The number of Topliss-reactive ketones (excluding diaryl/α,β-unsaturated/α-hetero) is 1. The van der Waals surface area contributed by atoms with Gasteiger partial charge in [0, 0.05) is 5.56 Å². The van der Waals surface area contributed by atoms with E-state index in [-0.39, 0.29) is 16.9 Å². The maximum Gasteiger partial charge on any atom is 0.402 e. The number of alkyl halides is 3. The van der Waals surface area contributed by atoms with Crippen LogP contribution in [0, 0.1) is 0 Å². The van der Waals surface area contributed by atoms with Crippen LogP contribution in [-0.2, 0) is 5.41 Å². The van der Waals surface area contributed by atoms with Crippen LogP contribution in [0.3, 0.4) is 0 Å². The summed E-state index contributed by atoms with van der Waals surface area (Å²) in [5, 5.41) is 0. The van der Waals surface area contributed by atoms with E-state index in [0.29, 0.717) is 11.3 Å². The van der Waals surface area contributed by atoms with Crippen molar-refractivity contribution in [3.8, 4) is 5.75 Å². The van der Waals surface area contributed by atoms with Crippen molar-refractivity contribution in [2.45, 2.75) is 25.4 Å². The van der Waals surface area contributed by atoms with Gasteiger partial charge in [-0.2, -0.15) is 13.2 Å². The molecule has 0 aliphatic carbocycles. The molecule has 1 unspecified atom stereocenters. The first kappa shape index (κ1) is 17.1. The molecule has 0 aromatic heterocycles. The van der Waals surface area contributed by atoms with Gasteiger partial charge in [-0.3, -0.25) is 4.79 Å². The number of benzene rings is 2. The average molecular weight is 322 g/mol. The molecule has 1 atom stereocenters. The Kier molecular flexibility index (Phi) is 4.50. The maximum absolute atomic E-state index is 13.8. The van der Waals surface area contributed by atoms with Crippen molar-refractivity contribution in [3.05, 3.63) is 65.2 Å². The second kappa shape index (κ2) is 6.07. The largest absolute Gasteiger partial charge is 0.497 e. The van der Waals surface area contributed by atoms with Gasteiger partial charge in [0.1, 0.15) is 11.2 Å². The molecular formula is C18H17F3O2. The molecule has 0 heterocycles. The number of ether oxygens (including phenoxy) is 1. The van der Waals surface area contributed by atoms with Crippen LogP contribution in [0.25, 0.3) is 0 Å². The van der Waals surface area contributed by atoms with Crippen LogP contribution >= 0.6 is 0 Å². The van der Waals surface area contributed by atoms with Crippen LogP contribution in [-0.4, -0.2) is 19.1 Å². The minimum Gasteiger partial charge on any atom is -0.497 e. The summed E-state index contributed by atoms with van der Waals surface area (Å²) in [5.74, 6) is 0.305. The fraction of sp³-hybridized carbons (Fsp3) is 0.278. The van der Waals surface area contributed by atoms with E-state index in [1.54, 1.807) is 0 Å². The molecule has 0 N–H and O–H groups in total. The van der Waals surface area contributed by atoms with E-state index in [2.05, 4.69) is 0 Å². The summed E-state index contributed by atoms with van der Waals surface area (Å²) in [4.78, 5) is 11.3. The number of hydrogen-bond acceptors (Lipinski definition) is 2. The maximum atomic E-state index is 13.8. The third-order valence-electron chi connectivity index (χ3n) is 4.10. The Balaban J connectivity index is 2.57. The minimum absolute atomic E-state index is 0.0835. The monoisotopic (exact) mass is 322 g/mol. The molecule has 0 saturated heterocycles. The molecule has 0 amide bonds. The Morgan fingerprint density at radius 3 is 1.70 bits per heavy atom. The van der Waals surface area contributed by atoms with Gasteiger partial charge >= 0.3 is 6.18 Å². The molecule has 0 saturated carbocycles. The summed E-state index contributed by atoms with van der Waals surface area (Å²) in [7, 11) is 1.46. The number of hydrogen-bond donors (Lipinski definition) is 0. The second-order valence-electron chi connectivity index (χ2n) is 5.48. The van der Waals surface area contributed by atoms with E-state index in [1.807, 2.05) is 0 Å². The Bertz CT molecular complexity index is 688. The SMILES string of the molecule is COc1ccc(C(C)(c2ccc(C(C)=O)cc2)C(F)(F)F)cc1. The average Bonchev–Trinajstić information content (AvgIpc) is 2.53. The highest BCUT2D eigenvalue weighted by molar-refractivity contribution is 5.94. The first-order valence-electron chi connectivity index (χ1n) is 7.03. The molecule has 0 fully saturated rings. The van der Waals surface area contributed by atoms with Crippen LogP contribution in [0.5, 0.6) is 5.75 Å². The van der Waals surface area contributed by atoms with E-state index in [1.165, 1.54) is 62.6 Å². The van der Waals surface area contributed by atoms with Crippen molar-refractivity contribution in [1.82, 2.24) is 0 Å². The molecule has 0 aliphatic heterocycles. The first-order chi connectivity index (χ1) is 10.7. The first-order valence-corrected chi connectivity index (χ1v) is 7.03. The lowest BCUT2D eigenvalue weighted by molar-refractivity contribution is -0.173. The highest BCUT2D eigenvalue weighted by Gasteiger charge is 2.53. The molecule has 0 aliphatic rings. The lowest BCUT2D eigenvalue weighted by Crippen LogP contribution is -2.40. The third-order valence-corrected chi connectivity index (χ3v) is 4.10. The summed E-state index contributed by atoms with van der Waals surface area (Å²) in [6, 6.07) is 11.4. The Morgan fingerprint density at radius 1 is 0.913 bits per heavy atom. The van der Waals surface area contributed by atoms with Crippen molar-refractivity contribution >= 4 is 5.78 Å². The summed E-state index contributed by atoms with van der Waals surface area (Å²) < 4.78 is 46.5. The highest BCUT2D eigenvalue weighted by Crippen LogP contribution is 2.46. The third kappa shape index (κ3) is 3.09. The van der Waals surface area contributed by atoms with Gasteiger partial charge in [0.2, 0.25) is 0 Å². The zero-order chi connectivity index (χ0) is 17.3. The van der Waals surface area contributed by atoms with Gasteiger partial charge in [-0.25, -0.2) is 0 Å². The summed E-state index contributed by atoms with van der Waals surface area (Å²) in [6.45, 7) is 2.51. The normalized spacial score (nSPS) is 14.2. The van der Waals surface area contributed by atoms with Gasteiger partial charge in [-0.05, 0) is 37.1 Å². The topological polar surface area (TPSA) is 26.3 Å². The van der Waals surface area contributed by atoms with Crippen LogP contribution in [0.1, 0.15) is 35.3 Å². The summed E-state index contributed by atoms with van der Waals surface area (Å²) >= 11 is 0. The number of halogens is 3. The molecule has 0 bridgehead atoms. The highest BCUT2D eigenvalue weighted by atomic mass is 19.4. The summed E-state index contributed by atoms with van der Waals surface area (Å²) in [5.41, 5.74) is -1.59. The van der Waals surface area contributed by atoms with Gasteiger partial charge in [0.25, 0.3) is 0 Å². The van der Waals surface area contributed by atoms with Crippen LogP contribution in [0.4, 0.5) is 13.2 Å². The van der Waals surface area contributed by atoms with Crippen molar-refractivity contribution in [2.75, 3.05) is 7.11 Å². The van der Waals surface area contributed by atoms with Gasteiger partial charge in [0.05, 0.1) is 7.11 Å². The van der Waals surface area contributed by atoms with Crippen molar-refractivity contribution in [1.29, 1.82) is 0 Å². The number of ketones is 1. The standard InChI is InChI=1S/C18H17F3O2/c1-12(22)13-4-6-14(7-5-13)17(2,18(19,20)21)15-8-10-16(23-3)11-9-15/h4-11H,1-3H3. The van der Waals surface area contributed by atoms with Crippen LogP contribution in [0.2, 0.25) is 0 Å². The molecule has 2 aromatic rings.